The first-order valence-corrected chi connectivity index (χ1v) is 10.2. The molecule has 7 nitrogen and oxygen atoms in total. The minimum absolute atomic E-state index is 0.0827. The fourth-order valence-electron chi connectivity index (χ4n) is 2.55. The summed E-state index contributed by atoms with van der Waals surface area (Å²) in [6, 6.07) is 7.46. The molecular formula is C19H20F3N3O4S. The van der Waals surface area contributed by atoms with Gasteiger partial charge in [-0.2, -0.15) is 13.2 Å². The van der Waals surface area contributed by atoms with Crippen LogP contribution in [-0.4, -0.2) is 26.3 Å². The molecule has 162 valence electrons. The maximum absolute atomic E-state index is 13.4. The van der Waals surface area contributed by atoms with Gasteiger partial charge in [0.25, 0.3) is 5.91 Å². The Morgan fingerprint density at radius 1 is 1.00 bits per heavy atom. The normalized spacial score (nSPS) is 12.0. The SMILES string of the molecule is CC(=O)Nc1ccc(NC(=O)c2cccc(S(=O)(=O)NC(C)C)c2)c(C(F)(F)F)c1. The molecule has 2 aromatic carbocycles. The third kappa shape index (κ3) is 6.04. The fourth-order valence-corrected chi connectivity index (χ4v) is 3.84. The number of hydrogen-bond donors (Lipinski definition) is 3. The molecule has 0 saturated heterocycles. The molecule has 0 radical (unpaired) electrons. The van der Waals surface area contributed by atoms with E-state index < -0.39 is 39.3 Å². The second kappa shape index (κ2) is 8.84. The van der Waals surface area contributed by atoms with Crippen molar-refractivity contribution < 1.29 is 31.2 Å². The Balaban J connectivity index is 2.36. The van der Waals surface area contributed by atoms with Gasteiger partial charge in [0, 0.05) is 24.2 Å². The molecule has 0 fully saturated rings. The largest absolute Gasteiger partial charge is 0.418 e. The van der Waals surface area contributed by atoms with Crippen molar-refractivity contribution in [1.82, 2.24) is 4.72 Å². The first-order chi connectivity index (χ1) is 13.8. The molecular weight excluding hydrogens is 423 g/mol. The summed E-state index contributed by atoms with van der Waals surface area (Å²) in [4.78, 5) is 23.4. The summed E-state index contributed by atoms with van der Waals surface area (Å²) >= 11 is 0. The van der Waals surface area contributed by atoms with E-state index in [1.54, 1.807) is 13.8 Å². The topological polar surface area (TPSA) is 104 Å². The number of amides is 2. The predicted octanol–water partition coefficient (Wildman–Crippen LogP) is 3.60. The Hall–Kier alpha value is -2.92. The van der Waals surface area contributed by atoms with Gasteiger partial charge in [0.05, 0.1) is 16.1 Å². The van der Waals surface area contributed by atoms with E-state index in [1.807, 2.05) is 0 Å². The number of hydrogen-bond acceptors (Lipinski definition) is 4. The van der Waals surface area contributed by atoms with E-state index in [-0.39, 0.29) is 22.2 Å². The van der Waals surface area contributed by atoms with E-state index in [1.165, 1.54) is 24.3 Å². The van der Waals surface area contributed by atoms with Crippen LogP contribution in [0.25, 0.3) is 0 Å². The molecule has 0 aromatic heterocycles. The number of carbonyl (C=O) groups excluding carboxylic acids is 2. The molecule has 0 unspecified atom stereocenters. The van der Waals surface area contributed by atoms with Gasteiger partial charge in [-0.25, -0.2) is 13.1 Å². The van der Waals surface area contributed by atoms with Crippen LogP contribution in [0.3, 0.4) is 0 Å². The van der Waals surface area contributed by atoms with Crippen molar-refractivity contribution in [2.75, 3.05) is 10.6 Å². The third-order valence-corrected chi connectivity index (χ3v) is 5.35. The van der Waals surface area contributed by atoms with Crippen LogP contribution in [0, 0.1) is 0 Å². The zero-order chi connectivity index (χ0) is 22.7. The molecule has 0 aliphatic heterocycles. The highest BCUT2D eigenvalue weighted by Crippen LogP contribution is 2.36. The molecule has 0 aliphatic carbocycles. The van der Waals surface area contributed by atoms with Crippen LogP contribution in [0.1, 0.15) is 36.7 Å². The lowest BCUT2D eigenvalue weighted by Crippen LogP contribution is -2.30. The standard InChI is InChI=1S/C19H20F3N3O4S/c1-11(2)25-30(28,29)15-6-4-5-13(9-15)18(27)24-17-8-7-14(23-12(3)26)10-16(17)19(20,21)22/h4-11,25H,1-3H3,(H,23,26)(H,24,27). The summed E-state index contributed by atoms with van der Waals surface area (Å²) in [6.45, 7) is 4.40. The molecule has 3 N–H and O–H groups in total. The van der Waals surface area contributed by atoms with Crippen LogP contribution in [0.4, 0.5) is 24.5 Å². The first kappa shape index (κ1) is 23.4. The van der Waals surface area contributed by atoms with Crippen molar-refractivity contribution in [2.45, 2.75) is 37.9 Å². The van der Waals surface area contributed by atoms with Crippen molar-refractivity contribution in [3.8, 4) is 0 Å². The van der Waals surface area contributed by atoms with Gasteiger partial charge in [-0.05, 0) is 50.2 Å². The Kier molecular flexibility index (Phi) is 6.88. The summed E-state index contributed by atoms with van der Waals surface area (Å²) in [7, 11) is -3.89. The Morgan fingerprint density at radius 3 is 2.23 bits per heavy atom. The summed E-state index contributed by atoms with van der Waals surface area (Å²) < 4.78 is 67.1. The molecule has 0 bridgehead atoms. The van der Waals surface area contributed by atoms with Gasteiger partial charge >= 0.3 is 6.18 Å². The van der Waals surface area contributed by atoms with Crippen molar-refractivity contribution in [1.29, 1.82) is 0 Å². The van der Waals surface area contributed by atoms with E-state index in [4.69, 9.17) is 0 Å². The molecule has 0 spiro atoms. The van der Waals surface area contributed by atoms with Gasteiger partial charge in [0.1, 0.15) is 0 Å². The van der Waals surface area contributed by atoms with Gasteiger partial charge in [-0.15, -0.1) is 0 Å². The van der Waals surface area contributed by atoms with Crippen molar-refractivity contribution >= 4 is 33.2 Å². The molecule has 0 aliphatic rings. The van der Waals surface area contributed by atoms with Gasteiger partial charge in [0.2, 0.25) is 15.9 Å². The van der Waals surface area contributed by atoms with Crippen molar-refractivity contribution in [2.24, 2.45) is 0 Å². The fraction of sp³-hybridized carbons (Fsp3) is 0.263. The monoisotopic (exact) mass is 443 g/mol. The van der Waals surface area contributed by atoms with Gasteiger partial charge < -0.3 is 10.6 Å². The minimum atomic E-state index is -4.80. The van der Waals surface area contributed by atoms with Crippen LogP contribution in [0.2, 0.25) is 0 Å². The Labute approximate surface area is 171 Å². The molecule has 0 saturated carbocycles. The number of carbonyl (C=O) groups is 2. The maximum atomic E-state index is 13.4. The van der Waals surface area contributed by atoms with Crippen molar-refractivity contribution in [3.05, 3.63) is 53.6 Å². The van der Waals surface area contributed by atoms with Crippen LogP contribution in [0.5, 0.6) is 0 Å². The number of anilines is 2. The van der Waals surface area contributed by atoms with Crippen LogP contribution >= 0.6 is 0 Å². The quantitative estimate of drug-likeness (QED) is 0.635. The molecule has 2 aromatic rings. The molecule has 0 heterocycles. The average molecular weight is 443 g/mol. The lowest BCUT2D eigenvalue weighted by Gasteiger charge is -2.16. The molecule has 11 heteroatoms. The molecule has 2 rings (SSSR count). The first-order valence-electron chi connectivity index (χ1n) is 8.72. The number of halogens is 3. The van der Waals surface area contributed by atoms with Crippen molar-refractivity contribution in [3.63, 3.8) is 0 Å². The lowest BCUT2D eigenvalue weighted by molar-refractivity contribution is -0.137. The molecule has 2 amide bonds. The molecule has 30 heavy (non-hydrogen) atoms. The number of rotatable bonds is 6. The second-order valence-corrected chi connectivity index (χ2v) is 8.41. The number of nitrogens with one attached hydrogen (secondary N) is 3. The van der Waals surface area contributed by atoms with Gasteiger partial charge in [0.15, 0.2) is 0 Å². The minimum Gasteiger partial charge on any atom is -0.326 e. The smallest absolute Gasteiger partial charge is 0.326 e. The van der Waals surface area contributed by atoms with Crippen LogP contribution in [-0.2, 0) is 21.0 Å². The van der Waals surface area contributed by atoms with E-state index in [9.17, 15) is 31.2 Å². The maximum Gasteiger partial charge on any atom is 0.418 e. The second-order valence-electron chi connectivity index (χ2n) is 6.70. The zero-order valence-corrected chi connectivity index (χ0v) is 17.1. The predicted molar refractivity (Wildman–Crippen MR) is 106 cm³/mol. The van der Waals surface area contributed by atoms with E-state index in [0.29, 0.717) is 6.07 Å². The highest BCUT2D eigenvalue weighted by molar-refractivity contribution is 7.89. The third-order valence-electron chi connectivity index (χ3n) is 3.69. The summed E-state index contributed by atoms with van der Waals surface area (Å²) in [5, 5.41) is 4.39. The van der Waals surface area contributed by atoms with Crippen LogP contribution in [0.15, 0.2) is 47.4 Å². The van der Waals surface area contributed by atoms with E-state index in [2.05, 4.69) is 15.4 Å². The summed E-state index contributed by atoms with van der Waals surface area (Å²) in [5.74, 6) is -1.47. The highest BCUT2D eigenvalue weighted by Gasteiger charge is 2.34. The van der Waals surface area contributed by atoms with Gasteiger partial charge in [-0.3, -0.25) is 9.59 Å². The van der Waals surface area contributed by atoms with E-state index >= 15 is 0 Å². The number of sulfonamides is 1. The lowest BCUT2D eigenvalue weighted by atomic mass is 10.1. The Bertz CT molecular complexity index is 1070. The summed E-state index contributed by atoms with van der Waals surface area (Å²) in [6.07, 6.45) is -4.80. The summed E-state index contributed by atoms with van der Waals surface area (Å²) in [5.41, 5.74) is -1.91. The zero-order valence-electron chi connectivity index (χ0n) is 16.3. The van der Waals surface area contributed by atoms with Gasteiger partial charge in [-0.1, -0.05) is 6.07 Å². The van der Waals surface area contributed by atoms with Crippen LogP contribution < -0.4 is 15.4 Å². The number of alkyl halides is 3. The highest BCUT2D eigenvalue weighted by atomic mass is 32.2. The Morgan fingerprint density at radius 2 is 1.67 bits per heavy atom. The molecule has 0 atom stereocenters. The average Bonchev–Trinajstić information content (AvgIpc) is 2.60. The number of benzene rings is 2. The van der Waals surface area contributed by atoms with E-state index in [0.717, 1.165) is 19.1 Å².